The van der Waals surface area contributed by atoms with Crippen molar-refractivity contribution in [2.24, 2.45) is 0 Å². The molecule has 0 fully saturated rings. The summed E-state index contributed by atoms with van der Waals surface area (Å²) in [6.45, 7) is 7.30. The molecule has 1 aromatic rings. The first-order valence-corrected chi connectivity index (χ1v) is 8.78. The van der Waals surface area contributed by atoms with E-state index in [9.17, 15) is 4.21 Å². The van der Waals surface area contributed by atoms with Gasteiger partial charge in [0.15, 0.2) is 0 Å². The van der Waals surface area contributed by atoms with Crippen LogP contribution in [0.15, 0.2) is 30.3 Å². The van der Waals surface area contributed by atoms with Gasteiger partial charge in [-0.3, -0.25) is 4.21 Å². The maximum atomic E-state index is 12.5. The molecule has 0 heterocycles. The molecule has 0 saturated carbocycles. The molecule has 19 heavy (non-hydrogen) atoms. The van der Waals surface area contributed by atoms with Crippen LogP contribution >= 0.6 is 0 Å². The van der Waals surface area contributed by atoms with Crippen LogP contribution in [0.3, 0.4) is 0 Å². The SMILES string of the molecule is CCCCS(=O)C(CC)C(NCC)c1ccccc1. The largest absolute Gasteiger partial charge is 0.309 e. The fraction of sp³-hybridized carbons (Fsp3) is 0.625. The average Bonchev–Trinajstić information content (AvgIpc) is 2.46. The Morgan fingerprint density at radius 3 is 2.37 bits per heavy atom. The molecule has 1 aromatic carbocycles. The van der Waals surface area contributed by atoms with Crippen molar-refractivity contribution in [1.29, 1.82) is 0 Å². The van der Waals surface area contributed by atoms with Crippen molar-refractivity contribution in [3.05, 3.63) is 35.9 Å². The van der Waals surface area contributed by atoms with E-state index in [0.29, 0.717) is 0 Å². The summed E-state index contributed by atoms with van der Waals surface area (Å²) in [5.74, 6) is 0.823. The highest BCUT2D eigenvalue weighted by Crippen LogP contribution is 2.23. The minimum atomic E-state index is -0.752. The Kier molecular flexibility index (Phi) is 7.99. The van der Waals surface area contributed by atoms with E-state index in [1.165, 1.54) is 5.56 Å². The van der Waals surface area contributed by atoms with Crippen LogP contribution in [-0.4, -0.2) is 21.8 Å². The zero-order chi connectivity index (χ0) is 14.1. The summed E-state index contributed by atoms with van der Waals surface area (Å²) >= 11 is 0. The zero-order valence-electron chi connectivity index (χ0n) is 12.4. The van der Waals surface area contributed by atoms with Crippen molar-refractivity contribution in [2.45, 2.75) is 51.3 Å². The van der Waals surface area contributed by atoms with Crippen LogP contribution in [0.4, 0.5) is 0 Å². The fourth-order valence-electron chi connectivity index (χ4n) is 2.36. The van der Waals surface area contributed by atoms with E-state index < -0.39 is 10.8 Å². The quantitative estimate of drug-likeness (QED) is 0.748. The molecule has 3 atom stereocenters. The molecule has 0 spiro atoms. The number of hydrogen-bond donors (Lipinski definition) is 1. The molecular weight excluding hydrogens is 254 g/mol. The summed E-state index contributed by atoms with van der Waals surface area (Å²) in [6, 6.07) is 10.6. The minimum Gasteiger partial charge on any atom is -0.309 e. The van der Waals surface area contributed by atoms with E-state index >= 15 is 0 Å². The third kappa shape index (κ3) is 5.07. The predicted octanol–water partition coefficient (Wildman–Crippen LogP) is 3.66. The van der Waals surface area contributed by atoms with Gasteiger partial charge in [-0.15, -0.1) is 0 Å². The van der Waals surface area contributed by atoms with Gasteiger partial charge in [0, 0.05) is 22.6 Å². The molecule has 0 aliphatic carbocycles. The Labute approximate surface area is 120 Å². The minimum absolute atomic E-state index is 0.203. The van der Waals surface area contributed by atoms with Crippen LogP contribution in [-0.2, 0) is 10.8 Å². The number of hydrogen-bond acceptors (Lipinski definition) is 2. The molecule has 0 saturated heterocycles. The van der Waals surface area contributed by atoms with Crippen LogP contribution in [0.5, 0.6) is 0 Å². The Hall–Kier alpha value is -0.670. The second-order valence-corrected chi connectivity index (χ2v) is 6.61. The van der Waals surface area contributed by atoms with Crippen molar-refractivity contribution in [2.75, 3.05) is 12.3 Å². The van der Waals surface area contributed by atoms with E-state index in [1.807, 2.05) is 6.07 Å². The van der Waals surface area contributed by atoms with E-state index in [-0.39, 0.29) is 11.3 Å². The highest BCUT2D eigenvalue weighted by molar-refractivity contribution is 7.85. The molecule has 3 heteroatoms. The second kappa shape index (κ2) is 9.27. The van der Waals surface area contributed by atoms with Crippen molar-refractivity contribution >= 4 is 10.8 Å². The third-order valence-corrected chi connectivity index (χ3v) is 5.37. The Bertz CT molecular complexity index is 366. The average molecular weight is 281 g/mol. The van der Waals surface area contributed by atoms with Gasteiger partial charge >= 0.3 is 0 Å². The van der Waals surface area contributed by atoms with E-state index in [2.05, 4.69) is 50.4 Å². The smallest absolute Gasteiger partial charge is 0.0540 e. The molecule has 2 nitrogen and oxygen atoms in total. The van der Waals surface area contributed by atoms with Crippen molar-refractivity contribution in [3.8, 4) is 0 Å². The molecule has 0 amide bonds. The van der Waals surface area contributed by atoms with Gasteiger partial charge in [0.25, 0.3) is 0 Å². The van der Waals surface area contributed by atoms with Crippen molar-refractivity contribution in [3.63, 3.8) is 0 Å². The van der Waals surface area contributed by atoms with Crippen LogP contribution in [0.2, 0.25) is 0 Å². The molecule has 0 aliphatic rings. The Morgan fingerprint density at radius 2 is 1.84 bits per heavy atom. The lowest BCUT2D eigenvalue weighted by atomic mass is 10.0. The van der Waals surface area contributed by atoms with Gasteiger partial charge in [-0.25, -0.2) is 0 Å². The van der Waals surface area contributed by atoms with E-state index in [1.54, 1.807) is 0 Å². The molecule has 0 aromatic heterocycles. The lowest BCUT2D eigenvalue weighted by molar-refractivity contribution is 0.509. The van der Waals surface area contributed by atoms with Crippen molar-refractivity contribution in [1.82, 2.24) is 5.32 Å². The monoisotopic (exact) mass is 281 g/mol. The molecule has 108 valence electrons. The molecule has 0 bridgehead atoms. The van der Waals surface area contributed by atoms with Crippen LogP contribution in [0.25, 0.3) is 0 Å². The van der Waals surface area contributed by atoms with E-state index in [4.69, 9.17) is 0 Å². The van der Waals surface area contributed by atoms with Crippen LogP contribution in [0, 0.1) is 0 Å². The second-order valence-electron chi connectivity index (χ2n) is 4.83. The molecule has 3 unspecified atom stereocenters. The molecule has 0 aliphatic heterocycles. The number of unbranched alkanes of at least 4 members (excludes halogenated alkanes) is 1. The standard InChI is InChI=1S/C16H27NOS/c1-4-7-13-19(18)15(5-2)16(17-6-3)14-11-9-8-10-12-14/h8-12,15-17H,4-7,13H2,1-3H3. The summed E-state index contributed by atoms with van der Waals surface area (Å²) in [5.41, 5.74) is 1.25. The van der Waals surface area contributed by atoms with Crippen molar-refractivity contribution < 1.29 is 4.21 Å². The first-order valence-electron chi connectivity index (χ1n) is 7.40. The first kappa shape index (κ1) is 16.4. The lowest BCUT2D eigenvalue weighted by Crippen LogP contribution is -2.35. The van der Waals surface area contributed by atoms with Gasteiger partial charge in [-0.1, -0.05) is 57.5 Å². The summed E-state index contributed by atoms with van der Waals surface area (Å²) < 4.78 is 12.5. The van der Waals surface area contributed by atoms with E-state index in [0.717, 1.165) is 31.6 Å². The normalized spacial score (nSPS) is 15.9. The molecule has 0 radical (unpaired) electrons. The first-order chi connectivity index (χ1) is 9.24. The Balaban J connectivity index is 2.85. The van der Waals surface area contributed by atoms with Crippen LogP contribution in [0.1, 0.15) is 51.6 Å². The van der Waals surface area contributed by atoms with Gasteiger partial charge in [-0.2, -0.15) is 0 Å². The summed E-state index contributed by atoms with van der Waals surface area (Å²) in [7, 11) is -0.752. The molecular formula is C16H27NOS. The van der Waals surface area contributed by atoms with Gasteiger partial charge in [-0.05, 0) is 24.9 Å². The maximum absolute atomic E-state index is 12.5. The number of nitrogens with one attached hydrogen (secondary N) is 1. The molecule has 1 N–H and O–H groups in total. The predicted molar refractivity (Wildman–Crippen MR) is 84.9 cm³/mol. The summed E-state index contributed by atoms with van der Waals surface area (Å²) in [5, 5.41) is 3.72. The Morgan fingerprint density at radius 1 is 1.16 bits per heavy atom. The summed E-state index contributed by atoms with van der Waals surface area (Å²) in [4.78, 5) is 0. The number of benzene rings is 1. The van der Waals surface area contributed by atoms with Gasteiger partial charge in [0.05, 0.1) is 5.25 Å². The highest BCUT2D eigenvalue weighted by Gasteiger charge is 2.25. The fourth-order valence-corrected chi connectivity index (χ4v) is 4.16. The topological polar surface area (TPSA) is 29.1 Å². The number of rotatable bonds is 9. The molecule has 1 rings (SSSR count). The zero-order valence-corrected chi connectivity index (χ0v) is 13.2. The maximum Gasteiger partial charge on any atom is 0.0540 e. The lowest BCUT2D eigenvalue weighted by Gasteiger charge is -2.27. The van der Waals surface area contributed by atoms with Gasteiger partial charge < -0.3 is 5.32 Å². The van der Waals surface area contributed by atoms with Gasteiger partial charge in [0.1, 0.15) is 0 Å². The summed E-state index contributed by atoms with van der Waals surface area (Å²) in [6.07, 6.45) is 3.11. The van der Waals surface area contributed by atoms with Gasteiger partial charge in [0.2, 0.25) is 0 Å². The third-order valence-electron chi connectivity index (χ3n) is 3.39. The van der Waals surface area contributed by atoms with Crippen LogP contribution < -0.4 is 5.32 Å². The highest BCUT2D eigenvalue weighted by atomic mass is 32.2.